The van der Waals surface area contributed by atoms with Crippen molar-refractivity contribution in [3.8, 4) is 28.7 Å². The van der Waals surface area contributed by atoms with Gasteiger partial charge in [0, 0.05) is 28.8 Å². The molecule has 1 saturated heterocycles. The predicted octanol–water partition coefficient (Wildman–Crippen LogP) is -0.107. The second-order valence-corrected chi connectivity index (χ2v) is 14.6. The zero-order valence-corrected chi connectivity index (χ0v) is 31.6. The van der Waals surface area contributed by atoms with Crippen molar-refractivity contribution in [2.45, 2.75) is 73.9 Å². The number of ether oxygens (including phenoxy) is 7. The van der Waals surface area contributed by atoms with Gasteiger partial charge >= 0.3 is 11.9 Å². The number of carbonyl (C=O) groups is 2. The number of hydrogen-bond donors (Lipinski definition) is 7. The lowest BCUT2D eigenvalue weighted by Crippen LogP contribution is -2.66. The molecule has 4 aliphatic rings. The molecule has 8 rings (SSSR count). The van der Waals surface area contributed by atoms with Crippen molar-refractivity contribution in [2.75, 3.05) is 20.4 Å². The normalized spacial score (nSPS) is 25.6. The number of carboxylic acids is 1. The highest BCUT2D eigenvalue weighted by Crippen LogP contribution is 2.60. The Kier molecular flexibility index (Phi) is 11.2. The molecule has 0 aromatic heterocycles. The van der Waals surface area contributed by atoms with Gasteiger partial charge in [-0.05, 0) is 34.9 Å². The Morgan fingerprint density at radius 2 is 1.71 bits per heavy atom. The largest absolute Gasteiger partial charge is 0.490 e. The number of methoxy groups -OCH3 is 1. The van der Waals surface area contributed by atoms with Crippen LogP contribution in [0.4, 0.5) is 0 Å². The number of nitrogens with two attached hydrogens (primary N) is 2. The van der Waals surface area contributed by atoms with Gasteiger partial charge in [0.2, 0.25) is 12.0 Å². The Hall–Kier alpha value is -5.79. The maximum atomic E-state index is 12.3. The van der Waals surface area contributed by atoms with Crippen LogP contribution in [-0.2, 0) is 25.5 Å². The number of carboxylic acid groups (broad SMARTS) is 1. The van der Waals surface area contributed by atoms with Crippen molar-refractivity contribution >= 4 is 17.5 Å². The summed E-state index contributed by atoms with van der Waals surface area (Å²) in [5.74, 6) is -1.54. The molecule has 0 unspecified atom stereocenters. The van der Waals surface area contributed by atoms with E-state index in [1.54, 1.807) is 18.2 Å². The number of para-hydroxylation sites is 1. The molecule has 1 fully saturated rings. The maximum absolute atomic E-state index is 12.3. The molecule has 59 heavy (non-hydrogen) atoms. The molecule has 4 aromatic carbocycles. The standard InChI is InChI=1S/C42H43N3O14/c1-53-37-26(54-18-46)12-11-22-31-27(13-19-7-3-2-4-8-19)56-28-15-20(14-23(32(28)38(31)58-36(22)37)24-17-45-25-10-6-5-9-21(24)25)55-42-35(52)33(50)34(51)39(59-42)40(41(43)44)57-30(49)16-29(47)48/h2-12,14-15,27,31,33-35,38-42,46,50-52H,13,16-18,43-44H2,1H3,(H,47,48)/t27-,31-,33+,34+,35-,38-,39+,40+,42-/m1/s1. The topological polar surface area (TPSA) is 264 Å². The van der Waals surface area contributed by atoms with Crippen LogP contribution in [0.15, 0.2) is 83.9 Å². The first-order chi connectivity index (χ1) is 28.5. The first kappa shape index (κ1) is 40.0. The molecule has 4 aromatic rings. The van der Waals surface area contributed by atoms with Gasteiger partial charge in [0.25, 0.3) is 0 Å². The molecule has 0 bridgehead atoms. The number of hydrogen-bond acceptors (Lipinski definition) is 16. The summed E-state index contributed by atoms with van der Waals surface area (Å²) in [6.07, 6.45) is -13.9. The quantitative estimate of drug-likeness (QED) is 0.0528. The van der Waals surface area contributed by atoms with E-state index < -0.39 is 80.3 Å². The fourth-order valence-corrected chi connectivity index (χ4v) is 8.28. The van der Waals surface area contributed by atoms with Crippen LogP contribution in [0.2, 0.25) is 0 Å². The van der Waals surface area contributed by atoms with Crippen molar-refractivity contribution in [1.29, 1.82) is 0 Å². The Morgan fingerprint density at radius 3 is 2.44 bits per heavy atom. The Morgan fingerprint density at radius 1 is 0.949 bits per heavy atom. The van der Waals surface area contributed by atoms with E-state index in [1.807, 2.05) is 60.7 Å². The molecular weight excluding hydrogens is 770 g/mol. The van der Waals surface area contributed by atoms with Gasteiger partial charge in [0.15, 0.2) is 24.4 Å². The summed E-state index contributed by atoms with van der Waals surface area (Å²) in [5, 5.41) is 53.5. The van der Waals surface area contributed by atoms with E-state index in [9.17, 15) is 30.0 Å². The van der Waals surface area contributed by atoms with Crippen LogP contribution >= 0.6 is 0 Å². The SMILES string of the molecule is COc1c(OCO)ccc2c1O[C@H]1c3c(cc(O[C@@H]4O[C@H]([C@H](OC(=O)CC(=O)O)C(N)N)[C@@H](O)[C@H](O)[C@H]4O)cc3C3=c4ccccc4=NC3)O[C@H](Cc3ccccc3)[C@@H]21. The lowest BCUT2D eigenvalue weighted by molar-refractivity contribution is -0.291. The highest BCUT2D eigenvalue weighted by molar-refractivity contribution is 5.90. The fraction of sp³-hybridized carbons (Fsp3) is 0.357. The van der Waals surface area contributed by atoms with Crippen LogP contribution in [0, 0.1) is 0 Å². The first-order valence-electron chi connectivity index (χ1n) is 18.9. The third-order valence-corrected chi connectivity index (χ3v) is 10.9. The Labute approximate surface area is 336 Å². The van der Waals surface area contributed by atoms with E-state index in [0.717, 1.165) is 27.3 Å². The average molecular weight is 814 g/mol. The number of carbonyl (C=O) groups excluding carboxylic acids is 1. The lowest BCUT2D eigenvalue weighted by Gasteiger charge is -2.43. The van der Waals surface area contributed by atoms with Crippen LogP contribution < -0.4 is 45.7 Å². The molecule has 17 nitrogen and oxygen atoms in total. The molecule has 4 heterocycles. The highest BCUT2D eigenvalue weighted by Gasteiger charge is 2.52. The van der Waals surface area contributed by atoms with E-state index in [1.165, 1.54) is 7.11 Å². The van der Waals surface area contributed by atoms with E-state index in [0.29, 0.717) is 40.5 Å². The molecule has 0 radical (unpaired) electrons. The molecule has 9 atom stereocenters. The summed E-state index contributed by atoms with van der Waals surface area (Å²) in [6, 6.07) is 24.4. The van der Waals surface area contributed by atoms with Crippen LogP contribution in [-0.4, -0.2) is 107 Å². The third-order valence-electron chi connectivity index (χ3n) is 10.9. The summed E-state index contributed by atoms with van der Waals surface area (Å²) in [5.41, 5.74) is 15.7. The fourth-order valence-electron chi connectivity index (χ4n) is 8.28. The number of aliphatic hydroxyl groups is 4. The summed E-state index contributed by atoms with van der Waals surface area (Å²) >= 11 is 0. The minimum Gasteiger partial charge on any atom is -0.490 e. The molecule has 310 valence electrons. The van der Waals surface area contributed by atoms with Gasteiger partial charge in [-0.2, -0.15) is 0 Å². The van der Waals surface area contributed by atoms with Crippen molar-refractivity contribution < 1.29 is 68.3 Å². The highest BCUT2D eigenvalue weighted by atomic mass is 16.7. The molecule has 0 aliphatic carbocycles. The first-order valence-corrected chi connectivity index (χ1v) is 18.9. The Bertz CT molecular complexity index is 2360. The molecule has 0 spiro atoms. The summed E-state index contributed by atoms with van der Waals surface area (Å²) in [4.78, 5) is 28.3. The van der Waals surface area contributed by atoms with Crippen molar-refractivity contribution in [3.05, 3.63) is 112 Å². The van der Waals surface area contributed by atoms with E-state index in [4.69, 9.17) is 54.7 Å². The van der Waals surface area contributed by atoms with Gasteiger partial charge in [-0.15, -0.1) is 0 Å². The monoisotopic (exact) mass is 813 g/mol. The number of esters is 1. The van der Waals surface area contributed by atoms with Crippen LogP contribution in [0.25, 0.3) is 5.57 Å². The number of rotatable bonds is 13. The van der Waals surface area contributed by atoms with Crippen LogP contribution in [0.3, 0.4) is 0 Å². The molecule has 17 heteroatoms. The zero-order valence-electron chi connectivity index (χ0n) is 31.6. The van der Waals surface area contributed by atoms with Crippen molar-refractivity contribution in [3.63, 3.8) is 0 Å². The minimum absolute atomic E-state index is 0.113. The average Bonchev–Trinajstić information content (AvgIpc) is 3.83. The van der Waals surface area contributed by atoms with E-state index in [-0.39, 0.29) is 18.2 Å². The zero-order chi connectivity index (χ0) is 41.5. The smallest absolute Gasteiger partial charge is 0.317 e. The van der Waals surface area contributed by atoms with E-state index in [2.05, 4.69) is 0 Å². The lowest BCUT2D eigenvalue weighted by atomic mass is 9.79. The van der Waals surface area contributed by atoms with Crippen molar-refractivity contribution in [2.24, 2.45) is 16.5 Å². The second-order valence-electron chi connectivity index (χ2n) is 14.6. The molecule has 4 aliphatic heterocycles. The van der Waals surface area contributed by atoms with Gasteiger partial charge < -0.3 is 70.2 Å². The van der Waals surface area contributed by atoms with Gasteiger partial charge in [-0.1, -0.05) is 54.6 Å². The summed E-state index contributed by atoms with van der Waals surface area (Å²) in [7, 11) is 1.49. The molecule has 0 saturated carbocycles. The van der Waals surface area contributed by atoms with Gasteiger partial charge in [0.1, 0.15) is 54.5 Å². The van der Waals surface area contributed by atoms with Gasteiger partial charge in [-0.3, -0.25) is 14.6 Å². The summed E-state index contributed by atoms with van der Waals surface area (Å²) < 4.78 is 42.5. The van der Waals surface area contributed by atoms with Crippen LogP contribution in [0.5, 0.6) is 28.7 Å². The number of aliphatic carboxylic acids is 1. The molecule has 0 amide bonds. The molecular formula is C42H43N3O14. The number of fused-ring (bicyclic) bond motifs is 6. The number of aliphatic hydroxyl groups excluding tert-OH is 4. The summed E-state index contributed by atoms with van der Waals surface area (Å²) in [6.45, 7) is -0.289. The number of nitrogens with zero attached hydrogens (tertiary/aromatic N) is 1. The second kappa shape index (κ2) is 16.5. The van der Waals surface area contributed by atoms with Gasteiger partial charge in [0.05, 0.1) is 31.1 Å². The van der Waals surface area contributed by atoms with Crippen LogP contribution in [0.1, 0.15) is 40.7 Å². The van der Waals surface area contributed by atoms with E-state index >= 15 is 0 Å². The van der Waals surface area contributed by atoms with Crippen molar-refractivity contribution in [1.82, 2.24) is 0 Å². The third kappa shape index (κ3) is 7.53. The maximum Gasteiger partial charge on any atom is 0.317 e. The molecule has 9 N–H and O–H groups in total. The number of benzene rings is 4. The Balaban J connectivity index is 1.24. The van der Waals surface area contributed by atoms with Gasteiger partial charge in [-0.25, -0.2) is 0 Å². The predicted molar refractivity (Wildman–Crippen MR) is 204 cm³/mol. The minimum atomic E-state index is -1.91.